The first-order chi connectivity index (χ1) is 9.49. The molecule has 0 spiro atoms. The Morgan fingerprint density at radius 2 is 1.59 bits per heavy atom. The molecule has 4 nitrogen and oxygen atoms in total. The number of nitrogens with one attached hydrogen (secondary N) is 2. The summed E-state index contributed by atoms with van der Waals surface area (Å²) in [5.41, 5.74) is 0. The van der Waals surface area contributed by atoms with Crippen LogP contribution in [0.15, 0.2) is 0 Å². The highest BCUT2D eigenvalue weighted by molar-refractivity contribution is 5.80. The van der Waals surface area contributed by atoms with Crippen molar-refractivity contribution in [2.45, 2.75) is 92.7 Å². The topological polar surface area (TPSA) is 58.2 Å². The number of Topliss-reactive ketones (excluding diaryl/α,β-unsaturated/α-hetero) is 1. The van der Waals surface area contributed by atoms with E-state index >= 15 is 0 Å². The first-order valence-corrected chi connectivity index (χ1v) is 7.51. The summed E-state index contributed by atoms with van der Waals surface area (Å²) in [6, 6.07) is 0.210. The maximum atomic E-state index is 11.7. The Kier molecular flexibility index (Phi) is 18.4. The number of carbonyl (C=O) groups excluding carboxylic acids is 2. The van der Waals surface area contributed by atoms with Gasteiger partial charge in [0.2, 0.25) is 0 Å². The number of ketones is 1. The van der Waals surface area contributed by atoms with Crippen molar-refractivity contribution in [3.05, 3.63) is 0 Å². The zero-order valence-electron chi connectivity index (χ0n) is 13.0. The Hall–Kier alpha value is -1.50. The molecular formula is C18H36N2O2. The monoisotopic (exact) mass is 312 g/mol. The average Bonchev–Trinajstić information content (AvgIpc) is 2.35. The van der Waals surface area contributed by atoms with Gasteiger partial charge in [0.05, 0.1) is 6.42 Å². The van der Waals surface area contributed by atoms with Gasteiger partial charge in [0.25, 0.3) is 0 Å². The zero-order chi connectivity index (χ0) is 15.4. The van der Waals surface area contributed by atoms with Gasteiger partial charge >= 0.3 is 6.03 Å². The Bertz CT molecular complexity index is 334. The third-order valence-electron chi connectivity index (χ3n) is 3.12. The van der Waals surface area contributed by atoms with Crippen molar-refractivity contribution in [3.63, 3.8) is 0 Å². The molecule has 0 saturated carbocycles. The SMILES string of the molecule is C.C.C#CCC(=O)CCCCC(C)NC(=O)NC(C)CCC. The molecule has 0 heterocycles. The standard InChI is InChI=1S/C16H28N2O2.2CH4/c1-5-9-13(3)17-16(20)18-14(4)11-7-8-12-15(19)10-6-2;;/h2,13-14H,5,7-12H2,1,3-4H3,(H2,17,18,20);2*1H4. The fourth-order valence-electron chi connectivity index (χ4n) is 2.04. The van der Waals surface area contributed by atoms with Crippen LogP contribution in [0.4, 0.5) is 4.79 Å². The van der Waals surface area contributed by atoms with E-state index in [1.807, 2.05) is 13.8 Å². The third-order valence-corrected chi connectivity index (χ3v) is 3.12. The van der Waals surface area contributed by atoms with Gasteiger partial charge in [-0.25, -0.2) is 4.79 Å². The van der Waals surface area contributed by atoms with Crippen LogP contribution >= 0.6 is 0 Å². The number of urea groups is 1. The molecule has 130 valence electrons. The van der Waals surface area contributed by atoms with Crippen LogP contribution in [-0.4, -0.2) is 23.9 Å². The molecule has 0 bridgehead atoms. The molecule has 0 radical (unpaired) electrons. The number of carbonyl (C=O) groups is 2. The lowest BCUT2D eigenvalue weighted by Gasteiger charge is -2.17. The Balaban J connectivity index is -0.00000180. The lowest BCUT2D eigenvalue weighted by molar-refractivity contribution is -0.118. The van der Waals surface area contributed by atoms with E-state index < -0.39 is 0 Å². The molecule has 4 heteroatoms. The first kappa shape index (κ1) is 25.5. The molecule has 22 heavy (non-hydrogen) atoms. The summed E-state index contributed by atoms with van der Waals surface area (Å²) in [7, 11) is 0. The van der Waals surface area contributed by atoms with Gasteiger partial charge in [-0.3, -0.25) is 4.79 Å². The van der Waals surface area contributed by atoms with Crippen molar-refractivity contribution in [1.29, 1.82) is 0 Å². The van der Waals surface area contributed by atoms with E-state index in [1.54, 1.807) is 0 Å². The number of rotatable bonds is 10. The Labute approximate surface area is 137 Å². The maximum Gasteiger partial charge on any atom is 0.315 e. The fourth-order valence-corrected chi connectivity index (χ4v) is 2.04. The van der Waals surface area contributed by atoms with E-state index in [2.05, 4.69) is 23.5 Å². The van der Waals surface area contributed by atoms with Crippen LogP contribution in [0.25, 0.3) is 0 Å². The first-order valence-electron chi connectivity index (χ1n) is 7.51. The zero-order valence-corrected chi connectivity index (χ0v) is 13.0. The number of hydrogen-bond donors (Lipinski definition) is 2. The predicted molar refractivity (Wildman–Crippen MR) is 95.9 cm³/mol. The van der Waals surface area contributed by atoms with Crippen LogP contribution in [0.2, 0.25) is 0 Å². The van der Waals surface area contributed by atoms with Gasteiger partial charge in [-0.05, 0) is 33.1 Å². The summed E-state index contributed by atoms with van der Waals surface area (Å²) in [5, 5.41) is 5.83. The van der Waals surface area contributed by atoms with E-state index in [1.165, 1.54) is 0 Å². The molecule has 2 unspecified atom stereocenters. The molecule has 2 atom stereocenters. The molecule has 2 amide bonds. The lowest BCUT2D eigenvalue weighted by Crippen LogP contribution is -2.44. The van der Waals surface area contributed by atoms with Crippen LogP contribution in [0.3, 0.4) is 0 Å². The second kappa shape index (κ2) is 15.9. The van der Waals surface area contributed by atoms with Gasteiger partial charge in [0.15, 0.2) is 0 Å². The summed E-state index contributed by atoms with van der Waals surface area (Å²) in [5.74, 6) is 2.48. The second-order valence-corrected chi connectivity index (χ2v) is 5.37. The van der Waals surface area contributed by atoms with E-state index in [4.69, 9.17) is 6.42 Å². The normalized spacial score (nSPS) is 11.9. The minimum atomic E-state index is -0.109. The highest BCUT2D eigenvalue weighted by Crippen LogP contribution is 2.05. The minimum Gasteiger partial charge on any atom is -0.336 e. The van der Waals surface area contributed by atoms with Crippen molar-refractivity contribution in [3.8, 4) is 12.3 Å². The van der Waals surface area contributed by atoms with Gasteiger partial charge in [0, 0.05) is 18.5 Å². The molecule has 0 rings (SSSR count). The van der Waals surface area contributed by atoms with Crippen molar-refractivity contribution < 1.29 is 9.59 Å². The van der Waals surface area contributed by atoms with Gasteiger partial charge < -0.3 is 10.6 Å². The van der Waals surface area contributed by atoms with E-state index in [9.17, 15) is 9.59 Å². The molecule has 0 aromatic carbocycles. The predicted octanol–water partition coefficient (Wildman–Crippen LogP) is 4.29. The summed E-state index contributed by atoms with van der Waals surface area (Å²) in [4.78, 5) is 22.9. The Morgan fingerprint density at radius 1 is 1.05 bits per heavy atom. The fraction of sp³-hybridized carbons (Fsp3) is 0.778. The van der Waals surface area contributed by atoms with E-state index in [0.29, 0.717) is 6.42 Å². The van der Waals surface area contributed by atoms with Crippen molar-refractivity contribution >= 4 is 11.8 Å². The molecule has 0 aliphatic carbocycles. The number of unbranched alkanes of at least 4 members (excludes halogenated alkanes) is 1. The number of hydrogen-bond acceptors (Lipinski definition) is 2. The van der Waals surface area contributed by atoms with Crippen LogP contribution in [0.5, 0.6) is 0 Å². The number of amides is 2. The molecule has 0 saturated heterocycles. The smallest absolute Gasteiger partial charge is 0.315 e. The molecule has 2 N–H and O–H groups in total. The molecular weight excluding hydrogens is 276 g/mol. The van der Waals surface area contributed by atoms with Crippen molar-refractivity contribution in [2.75, 3.05) is 0 Å². The minimum absolute atomic E-state index is 0. The molecule has 0 aromatic heterocycles. The molecule has 0 aliphatic rings. The highest BCUT2D eigenvalue weighted by atomic mass is 16.2. The highest BCUT2D eigenvalue weighted by Gasteiger charge is 2.09. The van der Waals surface area contributed by atoms with Crippen LogP contribution in [0.1, 0.15) is 80.6 Å². The summed E-state index contributed by atoms with van der Waals surface area (Å²) in [6.45, 7) is 6.08. The van der Waals surface area contributed by atoms with E-state index in [-0.39, 0.29) is 45.2 Å². The molecule has 0 aromatic rings. The lowest BCUT2D eigenvalue weighted by atomic mass is 10.1. The summed E-state index contributed by atoms with van der Waals surface area (Å²) in [6.07, 6.45) is 10.5. The second-order valence-electron chi connectivity index (χ2n) is 5.37. The number of terminal acetylenes is 1. The van der Waals surface area contributed by atoms with Crippen molar-refractivity contribution in [1.82, 2.24) is 10.6 Å². The van der Waals surface area contributed by atoms with Crippen LogP contribution in [-0.2, 0) is 4.79 Å². The van der Waals surface area contributed by atoms with Crippen LogP contribution in [0, 0.1) is 12.3 Å². The maximum absolute atomic E-state index is 11.7. The van der Waals surface area contributed by atoms with E-state index in [0.717, 1.165) is 32.1 Å². The Morgan fingerprint density at radius 3 is 2.09 bits per heavy atom. The molecule has 0 aliphatic heterocycles. The van der Waals surface area contributed by atoms with Crippen LogP contribution < -0.4 is 10.6 Å². The average molecular weight is 312 g/mol. The van der Waals surface area contributed by atoms with Gasteiger partial charge in [-0.15, -0.1) is 6.42 Å². The summed E-state index contributed by atoms with van der Waals surface area (Å²) >= 11 is 0. The van der Waals surface area contributed by atoms with Gasteiger partial charge in [-0.1, -0.05) is 40.5 Å². The molecule has 0 fully saturated rings. The van der Waals surface area contributed by atoms with Crippen molar-refractivity contribution in [2.24, 2.45) is 0 Å². The van der Waals surface area contributed by atoms with Gasteiger partial charge in [-0.2, -0.15) is 0 Å². The van der Waals surface area contributed by atoms with Gasteiger partial charge in [0.1, 0.15) is 5.78 Å². The summed E-state index contributed by atoms with van der Waals surface area (Å²) < 4.78 is 0. The quantitative estimate of drug-likeness (QED) is 0.467. The largest absolute Gasteiger partial charge is 0.336 e. The third kappa shape index (κ3) is 14.9.